The highest BCUT2D eigenvalue weighted by atomic mass is 16.5. The van der Waals surface area contributed by atoms with Crippen molar-refractivity contribution in [1.82, 2.24) is 0 Å². The molecule has 0 fully saturated rings. The summed E-state index contributed by atoms with van der Waals surface area (Å²) >= 11 is 0. The first-order valence-electron chi connectivity index (χ1n) is 5.20. The van der Waals surface area contributed by atoms with Gasteiger partial charge in [-0.2, -0.15) is 0 Å². The first-order chi connectivity index (χ1) is 7.13. The average Bonchev–Trinajstić information content (AvgIpc) is 2.22. The van der Waals surface area contributed by atoms with Crippen LogP contribution in [0, 0.1) is 5.92 Å². The van der Waals surface area contributed by atoms with Crippen LogP contribution in [0.2, 0.25) is 0 Å². The summed E-state index contributed by atoms with van der Waals surface area (Å²) in [4.78, 5) is 11.5. The minimum atomic E-state index is -0.179. The summed E-state index contributed by atoms with van der Waals surface area (Å²) in [5.41, 5.74) is 6.19. The van der Waals surface area contributed by atoms with Gasteiger partial charge in [0.1, 0.15) is 5.75 Å². The Morgan fingerprint density at radius 1 is 1.40 bits per heavy atom. The van der Waals surface area contributed by atoms with Gasteiger partial charge in [-0.3, -0.25) is 4.79 Å². The zero-order valence-electron chi connectivity index (χ0n) is 9.19. The summed E-state index contributed by atoms with van der Waals surface area (Å²) < 4.78 is 5.19. The van der Waals surface area contributed by atoms with Crippen molar-refractivity contribution in [1.29, 1.82) is 0 Å². The van der Waals surface area contributed by atoms with Gasteiger partial charge in [-0.15, -0.1) is 0 Å². The fourth-order valence-corrected chi connectivity index (χ4v) is 1.30. The quantitative estimate of drug-likeness (QED) is 0.469. The molecule has 0 spiro atoms. The van der Waals surface area contributed by atoms with Gasteiger partial charge in [-0.05, 0) is 30.7 Å². The molecule has 0 aliphatic rings. The standard InChI is InChI=1S/C12H17NO2/c1-3-4-9(2)12(14)15-11-7-5-10(13)6-8-11/h5-9H,3-4,13H2,1-2H3. The van der Waals surface area contributed by atoms with E-state index in [2.05, 4.69) is 0 Å². The monoisotopic (exact) mass is 207 g/mol. The smallest absolute Gasteiger partial charge is 0.314 e. The SMILES string of the molecule is CCCC(C)C(=O)Oc1ccc(N)cc1. The Morgan fingerprint density at radius 3 is 2.53 bits per heavy atom. The number of nitrogen functional groups attached to an aromatic ring is 1. The Hall–Kier alpha value is -1.51. The number of hydrogen-bond donors (Lipinski definition) is 1. The zero-order valence-corrected chi connectivity index (χ0v) is 9.19. The fourth-order valence-electron chi connectivity index (χ4n) is 1.30. The van der Waals surface area contributed by atoms with E-state index < -0.39 is 0 Å². The zero-order chi connectivity index (χ0) is 11.3. The summed E-state index contributed by atoms with van der Waals surface area (Å²) in [5.74, 6) is 0.325. The van der Waals surface area contributed by atoms with Gasteiger partial charge in [0.15, 0.2) is 0 Å². The van der Waals surface area contributed by atoms with E-state index in [0.29, 0.717) is 11.4 Å². The first-order valence-corrected chi connectivity index (χ1v) is 5.20. The maximum Gasteiger partial charge on any atom is 0.314 e. The van der Waals surface area contributed by atoms with Crippen LogP contribution in [0.3, 0.4) is 0 Å². The van der Waals surface area contributed by atoms with E-state index in [1.54, 1.807) is 24.3 Å². The molecular formula is C12H17NO2. The number of hydrogen-bond acceptors (Lipinski definition) is 3. The molecule has 0 saturated carbocycles. The molecule has 0 saturated heterocycles. The predicted octanol–water partition coefficient (Wildman–Crippen LogP) is 2.61. The third kappa shape index (κ3) is 3.62. The first kappa shape index (κ1) is 11.6. The van der Waals surface area contributed by atoms with Crippen LogP contribution in [-0.4, -0.2) is 5.97 Å². The molecule has 0 aliphatic heterocycles. The second kappa shape index (κ2) is 5.39. The van der Waals surface area contributed by atoms with Gasteiger partial charge in [-0.1, -0.05) is 20.3 Å². The molecule has 1 atom stereocenters. The van der Waals surface area contributed by atoms with Crippen LogP contribution in [0.25, 0.3) is 0 Å². The summed E-state index contributed by atoms with van der Waals surface area (Å²) in [6.07, 6.45) is 1.84. The molecule has 2 N–H and O–H groups in total. The van der Waals surface area contributed by atoms with E-state index in [-0.39, 0.29) is 11.9 Å². The number of carbonyl (C=O) groups excluding carboxylic acids is 1. The summed E-state index contributed by atoms with van der Waals surface area (Å²) in [7, 11) is 0. The molecule has 3 heteroatoms. The molecule has 15 heavy (non-hydrogen) atoms. The number of nitrogens with two attached hydrogens (primary N) is 1. The van der Waals surface area contributed by atoms with Gasteiger partial charge in [0, 0.05) is 5.69 Å². The van der Waals surface area contributed by atoms with Crippen molar-refractivity contribution < 1.29 is 9.53 Å². The third-order valence-electron chi connectivity index (χ3n) is 2.22. The maximum absolute atomic E-state index is 11.5. The summed E-state index contributed by atoms with van der Waals surface area (Å²) in [5, 5.41) is 0. The van der Waals surface area contributed by atoms with Gasteiger partial charge in [0.2, 0.25) is 0 Å². The number of ether oxygens (including phenoxy) is 1. The number of carbonyl (C=O) groups is 1. The topological polar surface area (TPSA) is 52.3 Å². The van der Waals surface area contributed by atoms with Crippen molar-refractivity contribution in [3.05, 3.63) is 24.3 Å². The molecular weight excluding hydrogens is 190 g/mol. The molecule has 0 bridgehead atoms. The minimum Gasteiger partial charge on any atom is -0.426 e. The molecule has 3 nitrogen and oxygen atoms in total. The van der Waals surface area contributed by atoms with E-state index in [1.165, 1.54) is 0 Å². The fraction of sp³-hybridized carbons (Fsp3) is 0.417. The second-order valence-electron chi connectivity index (χ2n) is 3.68. The van der Waals surface area contributed by atoms with E-state index in [0.717, 1.165) is 12.8 Å². The van der Waals surface area contributed by atoms with Crippen LogP contribution in [-0.2, 0) is 4.79 Å². The molecule has 0 aromatic heterocycles. The Morgan fingerprint density at radius 2 is 2.00 bits per heavy atom. The van der Waals surface area contributed by atoms with Crippen molar-refractivity contribution in [2.45, 2.75) is 26.7 Å². The highest BCUT2D eigenvalue weighted by Gasteiger charge is 2.13. The minimum absolute atomic E-state index is 0.0486. The lowest BCUT2D eigenvalue weighted by atomic mass is 10.1. The molecule has 82 valence electrons. The Kier molecular flexibility index (Phi) is 4.16. The summed E-state index contributed by atoms with van der Waals surface area (Å²) in [6.45, 7) is 3.93. The van der Waals surface area contributed by atoms with E-state index >= 15 is 0 Å². The lowest BCUT2D eigenvalue weighted by molar-refractivity contribution is -0.138. The van der Waals surface area contributed by atoms with Gasteiger partial charge in [0.25, 0.3) is 0 Å². The van der Waals surface area contributed by atoms with Crippen molar-refractivity contribution >= 4 is 11.7 Å². The van der Waals surface area contributed by atoms with Crippen LogP contribution in [0.5, 0.6) is 5.75 Å². The number of anilines is 1. The lowest BCUT2D eigenvalue weighted by Crippen LogP contribution is -2.17. The molecule has 0 aliphatic carbocycles. The normalized spacial score (nSPS) is 12.1. The lowest BCUT2D eigenvalue weighted by Gasteiger charge is -2.09. The van der Waals surface area contributed by atoms with Crippen LogP contribution < -0.4 is 10.5 Å². The average molecular weight is 207 g/mol. The van der Waals surface area contributed by atoms with Gasteiger partial charge in [0.05, 0.1) is 5.92 Å². The number of rotatable bonds is 4. The number of esters is 1. The van der Waals surface area contributed by atoms with Crippen LogP contribution in [0.15, 0.2) is 24.3 Å². The maximum atomic E-state index is 11.5. The largest absolute Gasteiger partial charge is 0.426 e. The van der Waals surface area contributed by atoms with Crippen molar-refractivity contribution in [3.63, 3.8) is 0 Å². The molecule has 0 heterocycles. The molecule has 1 aromatic rings. The van der Waals surface area contributed by atoms with Gasteiger partial charge >= 0.3 is 5.97 Å². The Bertz CT molecular complexity index is 319. The van der Waals surface area contributed by atoms with Crippen molar-refractivity contribution in [2.24, 2.45) is 5.92 Å². The number of benzene rings is 1. The Labute approximate surface area is 90.2 Å². The summed E-state index contributed by atoms with van der Waals surface area (Å²) in [6, 6.07) is 6.83. The van der Waals surface area contributed by atoms with Crippen LogP contribution in [0.4, 0.5) is 5.69 Å². The molecule has 0 radical (unpaired) electrons. The molecule has 1 rings (SSSR count). The van der Waals surface area contributed by atoms with E-state index in [4.69, 9.17) is 10.5 Å². The molecule has 0 amide bonds. The van der Waals surface area contributed by atoms with Crippen molar-refractivity contribution in [3.8, 4) is 5.75 Å². The van der Waals surface area contributed by atoms with E-state index in [9.17, 15) is 4.79 Å². The van der Waals surface area contributed by atoms with Gasteiger partial charge < -0.3 is 10.5 Å². The third-order valence-corrected chi connectivity index (χ3v) is 2.22. The predicted molar refractivity (Wildman–Crippen MR) is 60.6 cm³/mol. The van der Waals surface area contributed by atoms with Crippen LogP contribution in [0.1, 0.15) is 26.7 Å². The van der Waals surface area contributed by atoms with E-state index in [1.807, 2.05) is 13.8 Å². The Balaban J connectivity index is 2.54. The second-order valence-corrected chi connectivity index (χ2v) is 3.68. The highest BCUT2D eigenvalue weighted by molar-refractivity contribution is 5.74. The van der Waals surface area contributed by atoms with Crippen molar-refractivity contribution in [2.75, 3.05) is 5.73 Å². The molecule has 1 aromatic carbocycles. The molecule has 1 unspecified atom stereocenters. The van der Waals surface area contributed by atoms with Crippen LogP contribution >= 0.6 is 0 Å². The van der Waals surface area contributed by atoms with Gasteiger partial charge in [-0.25, -0.2) is 0 Å². The highest BCUT2D eigenvalue weighted by Crippen LogP contribution is 2.16.